The number of rotatable bonds is 2. The van der Waals surface area contributed by atoms with Gasteiger partial charge in [0.25, 0.3) is 0 Å². The summed E-state index contributed by atoms with van der Waals surface area (Å²) in [7, 11) is 0. The summed E-state index contributed by atoms with van der Waals surface area (Å²) in [6, 6.07) is 15.2. The Labute approximate surface area is 131 Å². The molecule has 0 bridgehead atoms. The Balaban J connectivity index is 1.66. The summed E-state index contributed by atoms with van der Waals surface area (Å²) >= 11 is 0. The monoisotopic (exact) mass is 288 g/mol. The summed E-state index contributed by atoms with van der Waals surface area (Å²) in [6.07, 6.45) is 1.81. The minimum Gasteiger partial charge on any atom is -0.377 e. The number of nitrogens with one attached hydrogen (secondary N) is 1. The third-order valence-electron chi connectivity index (χ3n) is 4.80. The Morgan fingerprint density at radius 3 is 2.64 bits per heavy atom. The molecule has 0 radical (unpaired) electrons. The van der Waals surface area contributed by atoms with Gasteiger partial charge >= 0.3 is 0 Å². The number of hydrogen-bond donors (Lipinski definition) is 2. The highest BCUT2D eigenvalue weighted by atomic mass is 15.0. The normalized spacial score (nSPS) is 22.6. The molecule has 2 aliphatic rings. The first-order valence-electron chi connectivity index (χ1n) is 7.74. The highest BCUT2D eigenvalue weighted by Crippen LogP contribution is 2.40. The van der Waals surface area contributed by atoms with Crippen LogP contribution in [0.15, 0.2) is 55.6 Å². The molecule has 0 heterocycles. The largest absolute Gasteiger partial charge is 0.377 e. The van der Waals surface area contributed by atoms with Crippen LogP contribution >= 0.6 is 0 Å². The molecular weight excluding hydrogens is 268 g/mol. The molecule has 0 saturated heterocycles. The van der Waals surface area contributed by atoms with Crippen molar-refractivity contribution in [2.24, 2.45) is 5.73 Å². The van der Waals surface area contributed by atoms with Crippen molar-refractivity contribution in [3.8, 4) is 0 Å². The van der Waals surface area contributed by atoms with Gasteiger partial charge in [0.2, 0.25) is 0 Å². The topological polar surface area (TPSA) is 38.0 Å². The van der Waals surface area contributed by atoms with E-state index in [1.807, 2.05) is 0 Å². The van der Waals surface area contributed by atoms with E-state index in [2.05, 4.69) is 60.9 Å². The van der Waals surface area contributed by atoms with Crippen molar-refractivity contribution in [3.63, 3.8) is 0 Å². The Kier molecular flexibility index (Phi) is 2.95. The van der Waals surface area contributed by atoms with E-state index in [1.165, 1.54) is 22.3 Å². The Bertz CT molecular complexity index is 788. The van der Waals surface area contributed by atoms with Crippen molar-refractivity contribution in [2.75, 3.05) is 5.32 Å². The molecule has 2 unspecified atom stereocenters. The van der Waals surface area contributed by atoms with Crippen LogP contribution in [0.3, 0.4) is 0 Å². The average molecular weight is 288 g/mol. The third-order valence-corrected chi connectivity index (χ3v) is 4.80. The maximum atomic E-state index is 6.35. The maximum absolute atomic E-state index is 6.35. The molecule has 0 aliphatic heterocycles. The second-order valence-electron chi connectivity index (χ2n) is 6.33. The smallest absolute Gasteiger partial charge is 0.0670 e. The maximum Gasteiger partial charge on any atom is 0.0670 e. The van der Waals surface area contributed by atoms with Crippen molar-refractivity contribution in [2.45, 2.75) is 24.9 Å². The van der Waals surface area contributed by atoms with Crippen molar-refractivity contribution in [3.05, 3.63) is 77.9 Å². The molecule has 2 heteroatoms. The highest BCUT2D eigenvalue weighted by molar-refractivity contribution is 5.92. The molecule has 2 aliphatic carbocycles. The fourth-order valence-corrected chi connectivity index (χ4v) is 3.67. The van der Waals surface area contributed by atoms with Gasteiger partial charge in [0.05, 0.1) is 6.04 Å². The van der Waals surface area contributed by atoms with E-state index < -0.39 is 0 Å². The summed E-state index contributed by atoms with van der Waals surface area (Å²) in [4.78, 5) is 0. The molecule has 22 heavy (non-hydrogen) atoms. The predicted octanol–water partition coefficient (Wildman–Crippen LogP) is 4.15. The first-order valence-corrected chi connectivity index (χ1v) is 7.74. The molecule has 0 amide bonds. The van der Waals surface area contributed by atoms with Gasteiger partial charge in [-0.1, -0.05) is 43.5 Å². The second-order valence-corrected chi connectivity index (χ2v) is 6.33. The molecule has 3 N–H and O–H groups in total. The van der Waals surface area contributed by atoms with E-state index in [9.17, 15) is 0 Å². The SMILES string of the molecule is C=C1CC(=C)c2cc(NC3c4ccccc4CC3N)ccc21. The van der Waals surface area contributed by atoms with Gasteiger partial charge in [-0.3, -0.25) is 0 Å². The van der Waals surface area contributed by atoms with Crippen LogP contribution in [0.2, 0.25) is 0 Å². The Morgan fingerprint density at radius 1 is 1.00 bits per heavy atom. The fraction of sp³-hybridized carbons (Fsp3) is 0.200. The molecule has 0 aromatic heterocycles. The van der Waals surface area contributed by atoms with E-state index in [1.54, 1.807) is 0 Å². The predicted molar refractivity (Wildman–Crippen MR) is 93.6 cm³/mol. The summed E-state index contributed by atoms with van der Waals surface area (Å²) < 4.78 is 0. The fourth-order valence-electron chi connectivity index (χ4n) is 3.67. The first-order chi connectivity index (χ1) is 10.6. The van der Waals surface area contributed by atoms with Gasteiger partial charge in [-0.15, -0.1) is 0 Å². The number of nitrogens with two attached hydrogens (primary N) is 1. The molecule has 110 valence electrons. The van der Waals surface area contributed by atoms with Gasteiger partial charge in [-0.2, -0.15) is 0 Å². The number of anilines is 1. The minimum atomic E-state index is 0.115. The lowest BCUT2D eigenvalue weighted by atomic mass is 10.0. The van der Waals surface area contributed by atoms with Crippen LogP contribution in [0, 0.1) is 0 Å². The van der Waals surface area contributed by atoms with Gasteiger partial charge in [0, 0.05) is 11.7 Å². The number of hydrogen-bond acceptors (Lipinski definition) is 2. The molecule has 4 rings (SSSR count). The third kappa shape index (κ3) is 1.99. The van der Waals surface area contributed by atoms with E-state index in [4.69, 9.17) is 5.73 Å². The lowest BCUT2D eigenvalue weighted by molar-refractivity contribution is 0.626. The Morgan fingerprint density at radius 2 is 1.77 bits per heavy atom. The van der Waals surface area contributed by atoms with Gasteiger partial charge in [-0.25, -0.2) is 0 Å². The zero-order valence-electron chi connectivity index (χ0n) is 12.6. The molecule has 0 saturated carbocycles. The summed E-state index contributed by atoms with van der Waals surface area (Å²) in [5.41, 5.74) is 14.9. The van der Waals surface area contributed by atoms with Crippen LogP contribution in [0.4, 0.5) is 5.69 Å². The molecule has 2 aromatic carbocycles. The van der Waals surface area contributed by atoms with Gasteiger partial charge in [0.15, 0.2) is 0 Å². The molecule has 2 atom stereocenters. The summed E-state index contributed by atoms with van der Waals surface area (Å²) in [5.74, 6) is 0. The van der Waals surface area contributed by atoms with Crippen molar-refractivity contribution in [1.82, 2.24) is 0 Å². The number of benzene rings is 2. The van der Waals surface area contributed by atoms with Crippen molar-refractivity contribution < 1.29 is 0 Å². The first kappa shape index (κ1) is 13.4. The number of allylic oxidation sites excluding steroid dienone is 2. The number of fused-ring (bicyclic) bond motifs is 2. The van der Waals surface area contributed by atoms with Crippen LogP contribution in [-0.2, 0) is 6.42 Å². The van der Waals surface area contributed by atoms with Crippen molar-refractivity contribution in [1.29, 1.82) is 0 Å². The average Bonchev–Trinajstić information content (AvgIpc) is 2.97. The van der Waals surface area contributed by atoms with Gasteiger partial charge in [-0.05, 0) is 58.4 Å². The molecular formula is C20H20N2. The molecule has 0 spiro atoms. The van der Waals surface area contributed by atoms with Crippen molar-refractivity contribution >= 4 is 16.8 Å². The van der Waals surface area contributed by atoms with E-state index >= 15 is 0 Å². The van der Waals surface area contributed by atoms with Crippen LogP contribution in [0.5, 0.6) is 0 Å². The van der Waals surface area contributed by atoms with Crippen LogP contribution in [-0.4, -0.2) is 6.04 Å². The van der Waals surface area contributed by atoms with Crippen LogP contribution < -0.4 is 11.1 Å². The zero-order chi connectivity index (χ0) is 15.3. The van der Waals surface area contributed by atoms with Crippen LogP contribution in [0.1, 0.15) is 34.7 Å². The lowest BCUT2D eigenvalue weighted by Crippen LogP contribution is -2.29. The van der Waals surface area contributed by atoms with E-state index in [0.717, 1.165) is 29.7 Å². The Hall–Kier alpha value is -2.32. The van der Waals surface area contributed by atoms with Gasteiger partial charge in [0.1, 0.15) is 0 Å². The van der Waals surface area contributed by atoms with Crippen LogP contribution in [0.25, 0.3) is 11.1 Å². The lowest BCUT2D eigenvalue weighted by Gasteiger charge is -2.20. The minimum absolute atomic E-state index is 0.115. The molecule has 2 aromatic rings. The highest BCUT2D eigenvalue weighted by Gasteiger charge is 2.29. The van der Waals surface area contributed by atoms with E-state index in [-0.39, 0.29) is 12.1 Å². The summed E-state index contributed by atoms with van der Waals surface area (Å²) in [6.45, 7) is 8.28. The summed E-state index contributed by atoms with van der Waals surface area (Å²) in [5, 5.41) is 3.62. The quantitative estimate of drug-likeness (QED) is 0.871. The van der Waals surface area contributed by atoms with Gasteiger partial charge < -0.3 is 11.1 Å². The zero-order valence-corrected chi connectivity index (χ0v) is 12.6. The molecule has 2 nitrogen and oxygen atoms in total. The second kappa shape index (κ2) is 4.85. The van der Waals surface area contributed by atoms with E-state index in [0.29, 0.717) is 0 Å². The standard InChI is InChI=1S/C20H20N2/c1-12-9-13(2)18-11-15(7-8-16(12)18)22-20-17-6-4-3-5-14(17)10-19(20)21/h3-8,11,19-20,22H,1-2,9-10,21H2. The molecule has 0 fully saturated rings.